The van der Waals surface area contributed by atoms with E-state index in [2.05, 4.69) is 48.5 Å². The summed E-state index contributed by atoms with van der Waals surface area (Å²) in [5, 5.41) is 0. The molecule has 4 atom stereocenters. The topological polar surface area (TPSA) is 18.5 Å². The second-order valence-electron chi connectivity index (χ2n) is 6.10. The molecule has 4 heteroatoms. The Morgan fingerprint density at radius 1 is 0.739 bits per heavy atom. The van der Waals surface area contributed by atoms with Gasteiger partial charge in [0.05, 0.1) is 0 Å². The highest BCUT2D eigenvalue weighted by molar-refractivity contribution is 7.39. The third-order valence-electron chi connectivity index (χ3n) is 4.39. The van der Waals surface area contributed by atoms with Crippen molar-refractivity contribution in [2.24, 2.45) is 0 Å². The molecule has 0 saturated carbocycles. The first-order chi connectivity index (χ1) is 11.4. The number of rotatable bonds is 6. The van der Waals surface area contributed by atoms with Crippen LogP contribution in [0.5, 0.6) is 11.5 Å². The number of fused-ring (bicyclic) bond motifs is 2. The van der Waals surface area contributed by atoms with Crippen molar-refractivity contribution in [2.75, 3.05) is 12.3 Å². The van der Waals surface area contributed by atoms with Gasteiger partial charge in [-0.1, -0.05) is 53.6 Å². The van der Waals surface area contributed by atoms with Gasteiger partial charge in [-0.2, -0.15) is 0 Å². The van der Waals surface area contributed by atoms with Crippen molar-refractivity contribution in [3.05, 3.63) is 59.7 Å². The zero-order valence-corrected chi connectivity index (χ0v) is 15.1. The summed E-state index contributed by atoms with van der Waals surface area (Å²) >= 11 is 0. The molecule has 2 aliphatic rings. The molecule has 0 aliphatic carbocycles. The summed E-state index contributed by atoms with van der Waals surface area (Å²) < 4.78 is 12.0. The minimum Gasteiger partial charge on any atom is -0.486 e. The van der Waals surface area contributed by atoms with E-state index >= 15 is 0 Å². The summed E-state index contributed by atoms with van der Waals surface area (Å²) in [6.07, 6.45) is 6.05. The molecule has 0 aromatic heterocycles. The van der Waals surface area contributed by atoms with Gasteiger partial charge in [0.25, 0.3) is 0 Å². The Balaban J connectivity index is 1.13. The molecule has 0 N–H and O–H groups in total. The van der Waals surface area contributed by atoms with E-state index in [9.17, 15) is 0 Å². The summed E-state index contributed by atoms with van der Waals surface area (Å²) in [5.74, 6) is 3.04. The van der Waals surface area contributed by atoms with Crippen molar-refractivity contribution in [3.63, 3.8) is 0 Å². The van der Waals surface area contributed by atoms with Gasteiger partial charge in [-0.05, 0) is 42.0 Å². The van der Waals surface area contributed by atoms with Crippen molar-refractivity contribution in [3.8, 4) is 11.5 Å². The van der Waals surface area contributed by atoms with Crippen molar-refractivity contribution < 1.29 is 9.47 Å². The Morgan fingerprint density at radius 2 is 1.22 bits per heavy atom. The van der Waals surface area contributed by atoms with Crippen LogP contribution in [-0.4, -0.2) is 24.0 Å². The molecule has 2 aliphatic heterocycles. The van der Waals surface area contributed by atoms with E-state index < -0.39 is 0 Å². The Bertz CT molecular complexity index is 566. The zero-order chi connectivity index (χ0) is 15.5. The lowest BCUT2D eigenvalue weighted by Crippen LogP contribution is -2.08. The minimum atomic E-state index is 0.419. The Labute approximate surface area is 141 Å². The van der Waals surface area contributed by atoms with Gasteiger partial charge in [0.15, 0.2) is 0 Å². The molecule has 2 aromatic rings. The molecular weight excluding hydrogens is 322 g/mol. The normalized spacial score (nSPS) is 22.4. The maximum Gasteiger partial charge on any atom is 0.123 e. The lowest BCUT2D eigenvalue weighted by Gasteiger charge is -2.12. The van der Waals surface area contributed by atoms with Crippen molar-refractivity contribution in [2.45, 2.75) is 31.0 Å². The van der Waals surface area contributed by atoms with Gasteiger partial charge in [-0.25, -0.2) is 0 Å². The van der Waals surface area contributed by atoms with E-state index in [0.29, 0.717) is 11.7 Å². The van der Waals surface area contributed by atoms with E-state index in [1.165, 1.54) is 29.9 Å². The van der Waals surface area contributed by atoms with Gasteiger partial charge < -0.3 is 9.47 Å². The fraction of sp³-hybridized carbons (Fsp3) is 0.368. The SMILES string of the molecule is c1ccc2c(c1)CC(PCCCPC1Cc3ccccc3O1)O2. The first-order valence-electron chi connectivity index (χ1n) is 8.34. The monoisotopic (exact) mass is 344 g/mol. The number of hydrogen-bond donors (Lipinski definition) is 0. The van der Waals surface area contributed by atoms with E-state index in [1.807, 2.05) is 0 Å². The number of benzene rings is 2. The molecular formula is C19H22O2P2. The van der Waals surface area contributed by atoms with Crippen LogP contribution in [0.1, 0.15) is 17.5 Å². The van der Waals surface area contributed by atoms with Crippen LogP contribution in [-0.2, 0) is 12.8 Å². The maximum atomic E-state index is 6.02. The van der Waals surface area contributed by atoms with Crippen LogP contribution in [0.25, 0.3) is 0 Å². The number of hydrogen-bond acceptors (Lipinski definition) is 2. The van der Waals surface area contributed by atoms with Crippen LogP contribution in [0, 0.1) is 0 Å². The maximum absolute atomic E-state index is 6.02. The van der Waals surface area contributed by atoms with E-state index in [0.717, 1.165) is 41.5 Å². The van der Waals surface area contributed by atoms with Gasteiger partial charge in [0, 0.05) is 12.8 Å². The second kappa shape index (κ2) is 7.20. The predicted molar refractivity (Wildman–Crippen MR) is 100 cm³/mol. The van der Waals surface area contributed by atoms with Gasteiger partial charge in [-0.15, -0.1) is 0 Å². The smallest absolute Gasteiger partial charge is 0.123 e. The molecule has 4 unspecified atom stereocenters. The summed E-state index contributed by atoms with van der Waals surface area (Å²) in [7, 11) is 1.82. The average molecular weight is 344 g/mol. The van der Waals surface area contributed by atoms with Gasteiger partial charge in [0.2, 0.25) is 0 Å². The highest BCUT2D eigenvalue weighted by Gasteiger charge is 2.23. The molecule has 0 spiro atoms. The fourth-order valence-electron chi connectivity index (χ4n) is 3.21. The highest BCUT2D eigenvalue weighted by Crippen LogP contribution is 2.38. The second-order valence-corrected chi connectivity index (χ2v) is 9.20. The van der Waals surface area contributed by atoms with Gasteiger partial charge in [0.1, 0.15) is 23.2 Å². The first kappa shape index (κ1) is 15.4. The Hall–Kier alpha value is -1.10. The molecule has 0 radical (unpaired) electrons. The van der Waals surface area contributed by atoms with Crippen LogP contribution in [0.3, 0.4) is 0 Å². The summed E-state index contributed by atoms with van der Waals surface area (Å²) in [6, 6.07) is 16.9. The molecule has 4 rings (SSSR count). The number of para-hydroxylation sites is 2. The van der Waals surface area contributed by atoms with E-state index in [4.69, 9.17) is 9.47 Å². The summed E-state index contributed by atoms with van der Waals surface area (Å²) in [4.78, 5) is 0. The third kappa shape index (κ3) is 3.70. The third-order valence-corrected chi connectivity index (χ3v) is 7.23. The Kier molecular flexibility index (Phi) is 4.83. The Morgan fingerprint density at radius 3 is 1.70 bits per heavy atom. The minimum absolute atomic E-state index is 0.419. The predicted octanol–water partition coefficient (Wildman–Crippen LogP) is 4.66. The molecule has 0 saturated heterocycles. The van der Waals surface area contributed by atoms with Crippen LogP contribution < -0.4 is 9.47 Å². The largest absolute Gasteiger partial charge is 0.486 e. The lowest BCUT2D eigenvalue weighted by atomic mass is 10.2. The average Bonchev–Trinajstić information content (AvgIpc) is 3.17. The van der Waals surface area contributed by atoms with Crippen LogP contribution in [0.4, 0.5) is 0 Å². The van der Waals surface area contributed by atoms with Crippen molar-refractivity contribution >= 4 is 17.2 Å². The van der Waals surface area contributed by atoms with E-state index in [-0.39, 0.29) is 0 Å². The summed E-state index contributed by atoms with van der Waals surface area (Å²) in [6.45, 7) is 0. The fourth-order valence-corrected chi connectivity index (χ4v) is 6.11. The van der Waals surface area contributed by atoms with E-state index in [1.54, 1.807) is 0 Å². The molecule has 0 amide bonds. The molecule has 0 bridgehead atoms. The zero-order valence-electron chi connectivity index (χ0n) is 13.1. The first-order valence-corrected chi connectivity index (χ1v) is 10.9. The lowest BCUT2D eigenvalue weighted by molar-refractivity contribution is 0.319. The molecule has 23 heavy (non-hydrogen) atoms. The molecule has 2 nitrogen and oxygen atoms in total. The van der Waals surface area contributed by atoms with Crippen LogP contribution >= 0.6 is 17.2 Å². The molecule has 2 aromatic carbocycles. The standard InChI is InChI=1S/C19H22O2P2/c1-3-8-16-14(6-1)12-18(20-16)22-10-5-11-23-19-13-15-7-2-4-9-17(15)21-19/h1-4,6-9,18-19,22-23H,5,10-13H2. The summed E-state index contributed by atoms with van der Waals surface area (Å²) in [5.41, 5.74) is 2.76. The molecule has 2 heterocycles. The van der Waals surface area contributed by atoms with Gasteiger partial charge >= 0.3 is 0 Å². The van der Waals surface area contributed by atoms with Gasteiger partial charge in [-0.3, -0.25) is 0 Å². The van der Waals surface area contributed by atoms with Crippen molar-refractivity contribution in [1.82, 2.24) is 0 Å². The molecule has 0 fully saturated rings. The van der Waals surface area contributed by atoms with Crippen LogP contribution in [0.15, 0.2) is 48.5 Å². The molecule has 120 valence electrons. The number of ether oxygens (including phenoxy) is 2. The quantitative estimate of drug-likeness (QED) is 0.561. The van der Waals surface area contributed by atoms with Crippen molar-refractivity contribution in [1.29, 1.82) is 0 Å². The van der Waals surface area contributed by atoms with Crippen LogP contribution in [0.2, 0.25) is 0 Å². The highest BCUT2D eigenvalue weighted by atomic mass is 31.1.